The number of aromatic carboxylic acids is 1. The monoisotopic (exact) mass is 419 g/mol. The molecule has 156 valence electrons. The molecule has 1 aromatic carbocycles. The van der Waals surface area contributed by atoms with Crippen molar-refractivity contribution < 1.29 is 40.7 Å². The molecule has 0 aliphatic heterocycles. The number of rotatable bonds is 5. The molecule has 1 heterocycles. The number of carboxylic acid groups (broad SMARTS) is 1. The quantitative estimate of drug-likeness (QED) is 0.467. The second-order valence-corrected chi connectivity index (χ2v) is 6.20. The van der Waals surface area contributed by atoms with Crippen LogP contribution in [0.2, 0.25) is 0 Å². The third kappa shape index (κ3) is 5.72. The number of allylic oxidation sites excluding steroid dienone is 4. The number of aromatic nitrogens is 1. The summed E-state index contributed by atoms with van der Waals surface area (Å²) in [5.74, 6) is -2.24. The third-order valence-electron chi connectivity index (χ3n) is 3.92. The fourth-order valence-corrected chi connectivity index (χ4v) is 2.31. The van der Waals surface area contributed by atoms with Gasteiger partial charge < -0.3 is 9.52 Å². The van der Waals surface area contributed by atoms with E-state index in [1.165, 1.54) is 31.2 Å². The highest BCUT2D eigenvalue weighted by molar-refractivity contribution is 5.88. The van der Waals surface area contributed by atoms with E-state index in [1.54, 1.807) is 0 Å². The average molecular weight is 419 g/mol. The Morgan fingerprint density at radius 1 is 1.17 bits per heavy atom. The third-order valence-corrected chi connectivity index (χ3v) is 3.92. The van der Waals surface area contributed by atoms with Gasteiger partial charge in [-0.3, -0.25) is 0 Å². The minimum absolute atomic E-state index is 0.0288. The summed E-state index contributed by atoms with van der Waals surface area (Å²) in [6.45, 7) is 1.87. The molecule has 0 amide bonds. The molecule has 1 atom stereocenters. The molecular weight excluding hydrogens is 404 g/mol. The maximum absolute atomic E-state index is 13.2. The van der Waals surface area contributed by atoms with Crippen LogP contribution in [-0.2, 0) is 0 Å². The second-order valence-electron chi connectivity index (χ2n) is 6.20. The summed E-state index contributed by atoms with van der Waals surface area (Å²) in [4.78, 5) is 15.1. The van der Waals surface area contributed by atoms with E-state index in [0.29, 0.717) is 13.0 Å². The molecule has 0 aliphatic carbocycles. The molecule has 0 fully saturated rings. The van der Waals surface area contributed by atoms with E-state index in [-0.39, 0.29) is 28.8 Å². The molecule has 0 radical (unpaired) electrons. The lowest BCUT2D eigenvalue weighted by molar-refractivity contribution is -0.0955. The molecule has 0 bridgehead atoms. The Balaban J connectivity index is 2.37. The lowest BCUT2D eigenvalue weighted by atomic mass is 10.0. The predicted molar refractivity (Wildman–Crippen MR) is 91.3 cm³/mol. The maximum atomic E-state index is 13.2. The summed E-state index contributed by atoms with van der Waals surface area (Å²) in [5.41, 5.74) is -2.56. The predicted octanol–water partition coefficient (Wildman–Crippen LogP) is 6.14. The van der Waals surface area contributed by atoms with Crippen LogP contribution < -0.4 is 0 Å². The van der Waals surface area contributed by atoms with Crippen LogP contribution in [0.3, 0.4) is 0 Å². The normalized spacial score (nSPS) is 14.8. The first-order valence-electron chi connectivity index (χ1n) is 8.12. The minimum atomic E-state index is -5.00. The molecule has 1 unspecified atom stereocenters. The zero-order valence-corrected chi connectivity index (χ0v) is 15.1. The van der Waals surface area contributed by atoms with Gasteiger partial charge in [0.1, 0.15) is 6.26 Å². The molecule has 2 aromatic rings. The number of hydrogen-bond acceptors (Lipinski definition) is 3. The van der Waals surface area contributed by atoms with Gasteiger partial charge in [0.15, 0.2) is 0 Å². The fourth-order valence-electron chi connectivity index (χ4n) is 2.31. The van der Waals surface area contributed by atoms with Gasteiger partial charge in [0.2, 0.25) is 5.89 Å². The van der Waals surface area contributed by atoms with Crippen LogP contribution in [0.4, 0.5) is 26.3 Å². The van der Waals surface area contributed by atoms with Gasteiger partial charge in [0.25, 0.3) is 0 Å². The van der Waals surface area contributed by atoms with Crippen LogP contribution in [0, 0.1) is 0 Å². The van der Waals surface area contributed by atoms with Crippen LogP contribution in [0.5, 0.6) is 0 Å². The van der Waals surface area contributed by atoms with E-state index in [1.807, 2.05) is 0 Å². The number of hydrogen-bond donors (Lipinski definition) is 1. The second kappa shape index (κ2) is 8.14. The van der Waals surface area contributed by atoms with Gasteiger partial charge in [-0.15, -0.1) is 0 Å². The van der Waals surface area contributed by atoms with Gasteiger partial charge in [-0.05, 0) is 31.2 Å². The van der Waals surface area contributed by atoms with Crippen molar-refractivity contribution >= 4 is 5.97 Å². The van der Waals surface area contributed by atoms with Crippen molar-refractivity contribution in [3.63, 3.8) is 0 Å². The van der Waals surface area contributed by atoms with E-state index >= 15 is 0 Å². The van der Waals surface area contributed by atoms with Crippen molar-refractivity contribution in [2.24, 2.45) is 0 Å². The molecule has 0 aliphatic rings. The van der Waals surface area contributed by atoms with Crippen LogP contribution >= 0.6 is 0 Å². The lowest BCUT2D eigenvalue weighted by Crippen LogP contribution is -2.15. The highest BCUT2D eigenvalue weighted by Crippen LogP contribution is 2.34. The zero-order chi connectivity index (χ0) is 22.0. The number of nitrogens with zero attached hydrogens (tertiary/aromatic N) is 1. The fraction of sp³-hybridized carbons (Fsp3) is 0.263. The van der Waals surface area contributed by atoms with Crippen LogP contribution in [0.15, 0.2) is 58.2 Å². The number of halogens is 6. The van der Waals surface area contributed by atoms with Gasteiger partial charge in [-0.25, -0.2) is 9.78 Å². The van der Waals surface area contributed by atoms with Crippen molar-refractivity contribution in [1.29, 1.82) is 0 Å². The van der Waals surface area contributed by atoms with Crippen molar-refractivity contribution in [2.45, 2.75) is 32.1 Å². The molecule has 29 heavy (non-hydrogen) atoms. The summed E-state index contributed by atoms with van der Waals surface area (Å²) in [5, 5.41) is 9.00. The molecule has 0 saturated carbocycles. The molecular formula is C19H15F6NO3. The maximum Gasteiger partial charge on any atom is 0.416 e. The van der Waals surface area contributed by atoms with E-state index in [0.717, 1.165) is 6.26 Å². The first-order valence-corrected chi connectivity index (χ1v) is 8.12. The Morgan fingerprint density at radius 2 is 1.83 bits per heavy atom. The highest BCUT2D eigenvalue weighted by atomic mass is 19.4. The SMILES string of the molecule is C/C(=C\C(=C/C(C)c1coc(-c2cccc(C(=O)O)c2)n1)C(F)(F)F)C(F)(F)F. The van der Waals surface area contributed by atoms with E-state index in [4.69, 9.17) is 9.52 Å². The molecule has 1 aromatic heterocycles. The van der Waals surface area contributed by atoms with Gasteiger partial charge in [-0.1, -0.05) is 19.1 Å². The van der Waals surface area contributed by atoms with Crippen LogP contribution in [-0.4, -0.2) is 28.4 Å². The Kier molecular flexibility index (Phi) is 6.24. The molecule has 10 heteroatoms. The molecule has 4 nitrogen and oxygen atoms in total. The molecule has 2 rings (SSSR count). The van der Waals surface area contributed by atoms with E-state index in [9.17, 15) is 31.1 Å². The number of benzene rings is 1. The highest BCUT2D eigenvalue weighted by Gasteiger charge is 2.36. The van der Waals surface area contributed by atoms with Gasteiger partial charge in [0.05, 0.1) is 16.8 Å². The zero-order valence-electron chi connectivity index (χ0n) is 15.1. The summed E-state index contributed by atoms with van der Waals surface area (Å²) >= 11 is 0. The molecule has 0 saturated heterocycles. The Bertz CT molecular complexity index is 953. The number of carboxylic acids is 1. The van der Waals surface area contributed by atoms with Gasteiger partial charge in [0, 0.05) is 17.1 Å². The summed E-state index contributed by atoms with van der Waals surface area (Å²) < 4.78 is 82.5. The Morgan fingerprint density at radius 3 is 2.38 bits per heavy atom. The van der Waals surface area contributed by atoms with Crippen molar-refractivity contribution in [1.82, 2.24) is 4.98 Å². The first kappa shape index (κ1) is 22.3. The average Bonchev–Trinajstić information content (AvgIpc) is 3.09. The Hall–Kier alpha value is -3.04. The lowest BCUT2D eigenvalue weighted by Gasteiger charge is -2.13. The number of carbonyl (C=O) groups is 1. The summed E-state index contributed by atoms with van der Waals surface area (Å²) in [6, 6.07) is 5.55. The van der Waals surface area contributed by atoms with E-state index < -0.39 is 35.4 Å². The van der Waals surface area contributed by atoms with E-state index in [2.05, 4.69) is 4.98 Å². The summed E-state index contributed by atoms with van der Waals surface area (Å²) in [7, 11) is 0. The topological polar surface area (TPSA) is 63.3 Å². The molecule has 0 spiro atoms. The Labute approximate surface area is 161 Å². The van der Waals surface area contributed by atoms with Crippen molar-refractivity contribution in [3.05, 3.63) is 65.1 Å². The largest absolute Gasteiger partial charge is 0.478 e. The number of oxazole rings is 1. The molecule has 1 N–H and O–H groups in total. The van der Waals surface area contributed by atoms with Gasteiger partial charge >= 0.3 is 18.3 Å². The minimum Gasteiger partial charge on any atom is -0.478 e. The van der Waals surface area contributed by atoms with Crippen LogP contribution in [0.25, 0.3) is 11.5 Å². The smallest absolute Gasteiger partial charge is 0.416 e. The van der Waals surface area contributed by atoms with Crippen molar-refractivity contribution in [3.8, 4) is 11.5 Å². The summed E-state index contributed by atoms with van der Waals surface area (Å²) in [6.07, 6.45) is -8.16. The van der Waals surface area contributed by atoms with Crippen molar-refractivity contribution in [2.75, 3.05) is 0 Å². The first-order chi connectivity index (χ1) is 13.3. The number of alkyl halides is 6. The standard InChI is InChI=1S/C19H15F6NO3/c1-10(6-14(19(23,24)25)7-11(2)18(20,21)22)15-9-29-16(26-15)12-4-3-5-13(8-12)17(27)28/h3-10H,1-2H3,(H,27,28)/b11-7+,14-6+. The van der Waals surface area contributed by atoms with Gasteiger partial charge in [-0.2, -0.15) is 26.3 Å². The van der Waals surface area contributed by atoms with Crippen LogP contribution in [0.1, 0.15) is 35.8 Å².